The number of nitrogens with two attached hydrogens (primary N) is 2. The highest BCUT2D eigenvalue weighted by atomic mass is 35.5. The highest BCUT2D eigenvalue weighted by Gasteiger charge is 2.16. The molecule has 17 heavy (non-hydrogen) atoms. The van der Waals surface area contributed by atoms with Crippen LogP contribution in [-0.2, 0) is 0 Å². The third-order valence-corrected chi connectivity index (χ3v) is 2.53. The van der Waals surface area contributed by atoms with Gasteiger partial charge in [0.1, 0.15) is 0 Å². The fourth-order valence-corrected chi connectivity index (χ4v) is 1.55. The summed E-state index contributed by atoms with van der Waals surface area (Å²) >= 11 is 0. The van der Waals surface area contributed by atoms with Gasteiger partial charge >= 0.3 is 0 Å². The van der Waals surface area contributed by atoms with Crippen molar-refractivity contribution in [2.45, 2.75) is 25.3 Å². The van der Waals surface area contributed by atoms with Crippen molar-refractivity contribution in [3.63, 3.8) is 0 Å². The molecule has 1 atom stereocenters. The van der Waals surface area contributed by atoms with Crippen LogP contribution >= 0.6 is 12.4 Å². The molecular formula is C11H19ClN2O3. The number of hydrogen-bond donors (Lipinski definition) is 5. The highest BCUT2D eigenvalue weighted by molar-refractivity contribution is 5.85. The molecule has 0 bridgehead atoms. The van der Waals surface area contributed by atoms with Crippen molar-refractivity contribution in [1.29, 1.82) is 0 Å². The number of unbranched alkanes of at least 4 members (excludes halogenated alkanes) is 1. The van der Waals surface area contributed by atoms with Gasteiger partial charge in [0.2, 0.25) is 5.75 Å². The van der Waals surface area contributed by atoms with E-state index in [0.29, 0.717) is 18.5 Å². The van der Waals surface area contributed by atoms with Crippen LogP contribution in [0.5, 0.6) is 17.2 Å². The van der Waals surface area contributed by atoms with Gasteiger partial charge < -0.3 is 26.8 Å². The first-order valence-corrected chi connectivity index (χ1v) is 5.27. The van der Waals surface area contributed by atoms with Crippen LogP contribution in [0.2, 0.25) is 0 Å². The van der Waals surface area contributed by atoms with Gasteiger partial charge in [-0.25, -0.2) is 0 Å². The summed E-state index contributed by atoms with van der Waals surface area (Å²) in [5, 5.41) is 28.1. The molecule has 0 amide bonds. The maximum absolute atomic E-state index is 9.59. The zero-order chi connectivity index (χ0) is 12.1. The summed E-state index contributed by atoms with van der Waals surface area (Å²) < 4.78 is 0. The summed E-state index contributed by atoms with van der Waals surface area (Å²) in [4.78, 5) is 0. The smallest absolute Gasteiger partial charge is 0.200 e. The first-order valence-electron chi connectivity index (χ1n) is 5.27. The molecule has 0 saturated carbocycles. The molecule has 7 N–H and O–H groups in total. The minimum atomic E-state index is -0.522. The van der Waals surface area contributed by atoms with Gasteiger partial charge in [-0.3, -0.25) is 0 Å². The molecule has 0 aromatic heterocycles. The van der Waals surface area contributed by atoms with E-state index in [9.17, 15) is 10.2 Å². The van der Waals surface area contributed by atoms with Crippen LogP contribution in [0.4, 0.5) is 0 Å². The van der Waals surface area contributed by atoms with Crippen molar-refractivity contribution in [3.05, 3.63) is 17.7 Å². The van der Waals surface area contributed by atoms with Crippen molar-refractivity contribution in [2.75, 3.05) is 6.54 Å². The lowest BCUT2D eigenvalue weighted by Crippen LogP contribution is -2.11. The third kappa shape index (κ3) is 3.96. The van der Waals surface area contributed by atoms with Gasteiger partial charge in [-0.05, 0) is 31.5 Å². The molecule has 0 aliphatic carbocycles. The minimum absolute atomic E-state index is 0. The molecule has 98 valence electrons. The normalized spacial score (nSPS) is 11.9. The number of benzene rings is 1. The van der Waals surface area contributed by atoms with E-state index in [1.54, 1.807) is 0 Å². The summed E-state index contributed by atoms with van der Waals surface area (Å²) in [6.07, 6.45) is 2.41. The fraction of sp³-hybridized carbons (Fsp3) is 0.455. The van der Waals surface area contributed by atoms with Crippen LogP contribution in [0.15, 0.2) is 12.1 Å². The van der Waals surface area contributed by atoms with Crippen LogP contribution < -0.4 is 11.5 Å². The summed E-state index contributed by atoms with van der Waals surface area (Å²) in [7, 11) is 0. The molecule has 0 saturated heterocycles. The van der Waals surface area contributed by atoms with E-state index in [-0.39, 0.29) is 29.9 Å². The quantitative estimate of drug-likeness (QED) is 0.406. The topological polar surface area (TPSA) is 113 Å². The summed E-state index contributed by atoms with van der Waals surface area (Å²) in [5.74, 6) is -1.22. The van der Waals surface area contributed by atoms with E-state index < -0.39 is 5.75 Å². The summed E-state index contributed by atoms with van der Waals surface area (Å²) in [6, 6.07) is 2.46. The van der Waals surface area contributed by atoms with Gasteiger partial charge in [0.15, 0.2) is 11.5 Å². The maximum Gasteiger partial charge on any atom is 0.200 e. The number of hydrogen-bond acceptors (Lipinski definition) is 5. The Morgan fingerprint density at radius 1 is 1.06 bits per heavy atom. The Morgan fingerprint density at radius 3 is 2.29 bits per heavy atom. The molecule has 0 heterocycles. The molecule has 1 rings (SSSR count). The number of phenolic OH excluding ortho intramolecular Hbond substituents is 3. The highest BCUT2D eigenvalue weighted by Crippen LogP contribution is 2.39. The Balaban J connectivity index is 0.00000256. The Labute approximate surface area is 106 Å². The van der Waals surface area contributed by atoms with Crippen LogP contribution in [0, 0.1) is 0 Å². The molecule has 1 aromatic carbocycles. The molecule has 5 nitrogen and oxygen atoms in total. The van der Waals surface area contributed by atoms with E-state index in [1.165, 1.54) is 12.1 Å². The first kappa shape index (κ1) is 15.8. The van der Waals surface area contributed by atoms with Crippen molar-refractivity contribution in [1.82, 2.24) is 0 Å². The Hall–Kier alpha value is -1.17. The number of halogens is 1. The van der Waals surface area contributed by atoms with Crippen LogP contribution in [0.25, 0.3) is 0 Å². The predicted molar refractivity (Wildman–Crippen MR) is 68.5 cm³/mol. The Morgan fingerprint density at radius 2 is 1.71 bits per heavy atom. The van der Waals surface area contributed by atoms with Gasteiger partial charge in [-0.15, -0.1) is 12.4 Å². The second-order valence-electron chi connectivity index (χ2n) is 3.76. The third-order valence-electron chi connectivity index (χ3n) is 2.53. The first-order chi connectivity index (χ1) is 7.57. The van der Waals surface area contributed by atoms with Gasteiger partial charge in [0.05, 0.1) is 0 Å². The molecule has 0 radical (unpaired) electrons. The van der Waals surface area contributed by atoms with Gasteiger partial charge in [-0.2, -0.15) is 0 Å². The fourth-order valence-electron chi connectivity index (χ4n) is 1.55. The number of rotatable bonds is 5. The van der Waals surface area contributed by atoms with Crippen LogP contribution in [0.3, 0.4) is 0 Å². The average Bonchev–Trinajstić information content (AvgIpc) is 2.26. The lowest BCUT2D eigenvalue weighted by molar-refractivity contribution is 0.362. The van der Waals surface area contributed by atoms with E-state index >= 15 is 0 Å². The van der Waals surface area contributed by atoms with E-state index in [4.69, 9.17) is 16.6 Å². The van der Waals surface area contributed by atoms with Crippen molar-refractivity contribution < 1.29 is 15.3 Å². The Kier molecular flexibility index (Phi) is 6.72. The molecule has 0 aliphatic heterocycles. The lowest BCUT2D eigenvalue weighted by atomic mass is 10.0. The van der Waals surface area contributed by atoms with E-state index in [2.05, 4.69) is 0 Å². The standard InChI is InChI=1S/C11H18N2O3.ClH/c12-6-2-1-3-8(13)7-4-5-9(14)11(16)10(7)15;/h4-5,8,14-16H,1-3,6,12-13H2;1H/t8-;/m0./s1. The molecule has 0 spiro atoms. The summed E-state index contributed by atoms with van der Waals surface area (Å²) in [6.45, 7) is 0.611. The second-order valence-corrected chi connectivity index (χ2v) is 3.76. The van der Waals surface area contributed by atoms with E-state index in [1.807, 2.05) is 0 Å². The minimum Gasteiger partial charge on any atom is -0.504 e. The van der Waals surface area contributed by atoms with Crippen molar-refractivity contribution >= 4 is 12.4 Å². The number of aromatic hydroxyl groups is 3. The Bertz CT molecular complexity index is 361. The van der Waals surface area contributed by atoms with Gasteiger partial charge in [0.25, 0.3) is 0 Å². The van der Waals surface area contributed by atoms with Gasteiger partial charge in [0, 0.05) is 11.6 Å². The molecule has 0 aliphatic rings. The monoisotopic (exact) mass is 262 g/mol. The van der Waals surface area contributed by atoms with Crippen LogP contribution in [0.1, 0.15) is 30.9 Å². The molecule has 0 unspecified atom stereocenters. The zero-order valence-corrected chi connectivity index (χ0v) is 10.3. The van der Waals surface area contributed by atoms with E-state index in [0.717, 1.165) is 12.8 Å². The van der Waals surface area contributed by atoms with Crippen LogP contribution in [-0.4, -0.2) is 21.9 Å². The summed E-state index contributed by atoms with van der Waals surface area (Å²) in [5.41, 5.74) is 11.7. The molecule has 1 aromatic rings. The lowest BCUT2D eigenvalue weighted by Gasteiger charge is -2.14. The SMILES string of the molecule is Cl.NCCCC[C@H](N)c1ccc(O)c(O)c1O. The van der Waals surface area contributed by atoms with Crippen molar-refractivity contribution in [2.24, 2.45) is 11.5 Å². The maximum atomic E-state index is 9.59. The molecular weight excluding hydrogens is 244 g/mol. The second kappa shape index (κ2) is 7.21. The predicted octanol–water partition coefficient (Wildman–Crippen LogP) is 1.35. The molecule has 6 heteroatoms. The largest absolute Gasteiger partial charge is 0.504 e. The average molecular weight is 263 g/mol. The zero-order valence-electron chi connectivity index (χ0n) is 9.47. The molecule has 0 fully saturated rings. The van der Waals surface area contributed by atoms with Gasteiger partial charge in [-0.1, -0.05) is 6.42 Å². The van der Waals surface area contributed by atoms with Crippen molar-refractivity contribution in [3.8, 4) is 17.2 Å². The number of phenols is 3.